The minimum atomic E-state index is -3.56. The van der Waals surface area contributed by atoms with Crippen LogP contribution in [0, 0.1) is 0 Å². The number of phosphoric acid groups is 1. The second kappa shape index (κ2) is 6.17. The average Bonchev–Trinajstić information content (AvgIpc) is 2.02. The summed E-state index contributed by atoms with van der Waals surface area (Å²) in [5.74, 6) is 0. The molecule has 0 saturated heterocycles. The van der Waals surface area contributed by atoms with Crippen molar-refractivity contribution in [3.63, 3.8) is 0 Å². The number of phosphoric ester groups is 1. The molecule has 4 nitrogen and oxygen atoms in total. The van der Waals surface area contributed by atoms with Crippen LogP contribution in [0.3, 0.4) is 0 Å². The molecule has 0 amide bonds. The molecule has 0 fully saturated rings. The molecule has 0 aromatic carbocycles. The minimum Gasteiger partial charge on any atom is -0.410 e. The van der Waals surface area contributed by atoms with E-state index in [0.29, 0.717) is 6.26 Å². The summed E-state index contributed by atoms with van der Waals surface area (Å²) >= 11 is 0. The first-order chi connectivity index (χ1) is 5.68. The summed E-state index contributed by atoms with van der Waals surface area (Å²) < 4.78 is 36.5. The highest BCUT2D eigenvalue weighted by Gasteiger charge is 2.24. The first kappa shape index (κ1) is 11.6. The van der Waals surface area contributed by atoms with Gasteiger partial charge in [0.05, 0.1) is 13.2 Å². The van der Waals surface area contributed by atoms with Crippen molar-refractivity contribution in [2.24, 2.45) is 0 Å². The van der Waals surface area contributed by atoms with Crippen molar-refractivity contribution in [3.05, 3.63) is 12.6 Å². The van der Waals surface area contributed by atoms with Crippen molar-refractivity contribution in [3.8, 4) is 0 Å². The molecule has 72 valence electrons. The molecule has 0 bridgehead atoms. The maximum Gasteiger partial charge on any atom is 0.529 e. The molecule has 0 atom stereocenters. The third-order valence-corrected chi connectivity index (χ3v) is 2.34. The van der Waals surface area contributed by atoms with Gasteiger partial charge in [0.1, 0.15) is 12.6 Å². The lowest BCUT2D eigenvalue weighted by molar-refractivity contribution is 0.153. The second-order valence-electron chi connectivity index (χ2n) is 1.65. The van der Waals surface area contributed by atoms with Gasteiger partial charge in [-0.25, -0.2) is 8.96 Å². The van der Waals surface area contributed by atoms with Crippen LogP contribution in [-0.2, 0) is 18.1 Å². The molecule has 12 heavy (non-hydrogen) atoms. The van der Waals surface area contributed by atoms with Crippen LogP contribution in [0.2, 0.25) is 0 Å². The smallest absolute Gasteiger partial charge is 0.410 e. The summed E-state index contributed by atoms with van der Waals surface area (Å²) in [4.78, 5) is 0. The van der Waals surface area contributed by atoms with Gasteiger partial charge in [0.25, 0.3) is 0 Å². The van der Waals surface area contributed by atoms with E-state index >= 15 is 0 Å². The first-order valence-corrected chi connectivity index (χ1v) is 4.97. The van der Waals surface area contributed by atoms with Gasteiger partial charge in [0.15, 0.2) is 0 Å². The molecule has 0 N–H and O–H groups in total. The fourth-order valence-electron chi connectivity index (χ4n) is 0.512. The summed E-state index contributed by atoms with van der Waals surface area (Å²) in [6.07, 6.45) is 0.747. The normalized spacial score (nSPS) is 12.2. The van der Waals surface area contributed by atoms with Crippen LogP contribution in [0.5, 0.6) is 0 Å². The minimum absolute atomic E-state index is 0.116. The Bertz CT molecular complexity index is 172. The highest BCUT2D eigenvalue weighted by Crippen LogP contribution is 2.49. The highest BCUT2D eigenvalue weighted by molar-refractivity contribution is 7.48. The van der Waals surface area contributed by atoms with Gasteiger partial charge < -0.3 is 4.52 Å². The van der Waals surface area contributed by atoms with Crippen LogP contribution in [0.1, 0.15) is 13.8 Å². The Morgan fingerprint density at radius 2 is 1.83 bits per heavy atom. The van der Waals surface area contributed by atoms with Crippen LogP contribution in [-0.4, -0.2) is 13.2 Å². The van der Waals surface area contributed by atoms with Crippen molar-refractivity contribution in [2.45, 2.75) is 13.8 Å². The fraction of sp³-hybridized carbons (Fsp3) is 0.667. The molecule has 0 aliphatic heterocycles. The number of halogens is 1. The Morgan fingerprint density at radius 1 is 1.33 bits per heavy atom. The second-order valence-corrected chi connectivity index (χ2v) is 3.27. The molecule has 0 aliphatic rings. The third-order valence-electron chi connectivity index (χ3n) is 0.816. The topological polar surface area (TPSA) is 44.8 Å². The van der Waals surface area contributed by atoms with Gasteiger partial charge in [0.2, 0.25) is 0 Å². The molecule has 0 heterocycles. The lowest BCUT2D eigenvalue weighted by Crippen LogP contribution is -1.96. The average molecular weight is 198 g/mol. The Balaban J connectivity index is 4.08. The summed E-state index contributed by atoms with van der Waals surface area (Å²) in [5, 5.41) is 0. The van der Waals surface area contributed by atoms with Crippen LogP contribution in [0.25, 0.3) is 0 Å². The Morgan fingerprint density at radius 3 is 2.17 bits per heavy atom. The first-order valence-electron chi connectivity index (χ1n) is 3.51. The fourth-order valence-corrected chi connectivity index (χ4v) is 1.54. The van der Waals surface area contributed by atoms with E-state index in [2.05, 4.69) is 13.6 Å². The largest absolute Gasteiger partial charge is 0.529 e. The van der Waals surface area contributed by atoms with Crippen molar-refractivity contribution in [2.75, 3.05) is 13.2 Å². The lowest BCUT2D eigenvalue weighted by Gasteiger charge is -2.13. The van der Waals surface area contributed by atoms with Gasteiger partial charge in [-0.1, -0.05) is 0 Å². The van der Waals surface area contributed by atoms with Gasteiger partial charge in [-0.2, -0.15) is 0 Å². The lowest BCUT2D eigenvalue weighted by atomic mass is 10.9. The maximum atomic E-state index is 11.5. The zero-order valence-corrected chi connectivity index (χ0v) is 7.92. The van der Waals surface area contributed by atoms with Gasteiger partial charge in [-0.3, -0.25) is 9.05 Å². The van der Waals surface area contributed by atoms with Crippen LogP contribution in [0.4, 0.5) is 4.39 Å². The van der Waals surface area contributed by atoms with Crippen molar-refractivity contribution >= 4 is 7.82 Å². The van der Waals surface area contributed by atoms with Crippen molar-refractivity contribution in [1.29, 1.82) is 0 Å². The summed E-state index contributed by atoms with van der Waals surface area (Å²) in [5.41, 5.74) is 0. The van der Waals surface area contributed by atoms with Crippen LogP contribution >= 0.6 is 7.82 Å². The van der Waals surface area contributed by atoms with E-state index in [1.807, 2.05) is 0 Å². The number of hydrogen-bond acceptors (Lipinski definition) is 4. The predicted molar refractivity (Wildman–Crippen MR) is 42.2 cm³/mol. The summed E-state index contributed by atoms with van der Waals surface area (Å²) in [6, 6.07) is 0. The van der Waals surface area contributed by atoms with E-state index in [9.17, 15) is 8.96 Å². The molecule has 0 spiro atoms. The quantitative estimate of drug-likeness (QED) is 0.486. The third kappa shape index (κ3) is 4.49. The van der Waals surface area contributed by atoms with E-state index in [-0.39, 0.29) is 19.5 Å². The molecule has 0 aliphatic carbocycles. The van der Waals surface area contributed by atoms with Crippen molar-refractivity contribution < 1.29 is 22.5 Å². The molecule has 0 aromatic rings. The van der Waals surface area contributed by atoms with Gasteiger partial charge in [-0.15, -0.1) is 0 Å². The van der Waals surface area contributed by atoms with E-state index in [1.54, 1.807) is 13.8 Å². The van der Waals surface area contributed by atoms with E-state index in [0.717, 1.165) is 0 Å². The van der Waals surface area contributed by atoms with Crippen LogP contribution < -0.4 is 0 Å². The molecule has 6 heteroatoms. The molecule has 0 radical (unpaired) electrons. The van der Waals surface area contributed by atoms with Crippen molar-refractivity contribution in [1.82, 2.24) is 0 Å². The van der Waals surface area contributed by atoms with Gasteiger partial charge >= 0.3 is 7.82 Å². The monoisotopic (exact) mass is 198 g/mol. The SMILES string of the molecule is CCOP(=O)(OC=CF)OCC. The van der Waals surface area contributed by atoms with Gasteiger partial charge in [-0.05, 0) is 13.8 Å². The standard InChI is InChI=1S/C6H12FO4P/c1-3-9-12(8,10-4-2)11-6-5-7/h5-6H,3-4H2,1-2H3. The molecule has 0 saturated carbocycles. The van der Waals surface area contributed by atoms with Crippen LogP contribution in [0.15, 0.2) is 12.6 Å². The van der Waals surface area contributed by atoms with E-state index in [1.165, 1.54) is 0 Å². The molecule has 0 rings (SSSR count). The Labute approximate surface area is 70.9 Å². The Kier molecular flexibility index (Phi) is 5.98. The molecular formula is C6H12FO4P. The Hall–Kier alpha value is -0.380. The predicted octanol–water partition coefficient (Wildman–Crippen LogP) is 2.62. The van der Waals surface area contributed by atoms with E-state index in [4.69, 9.17) is 0 Å². The summed E-state index contributed by atoms with van der Waals surface area (Å²) in [6.45, 7) is 3.62. The number of hydrogen-bond donors (Lipinski definition) is 0. The molecular weight excluding hydrogens is 186 g/mol. The summed E-state index contributed by atoms with van der Waals surface area (Å²) in [7, 11) is -3.56. The molecule has 0 unspecified atom stereocenters. The highest BCUT2D eigenvalue weighted by atomic mass is 31.2. The zero-order chi connectivity index (χ0) is 9.45. The maximum absolute atomic E-state index is 11.5. The van der Waals surface area contributed by atoms with Gasteiger partial charge in [0, 0.05) is 0 Å². The van der Waals surface area contributed by atoms with E-state index < -0.39 is 7.82 Å². The molecule has 0 aromatic heterocycles. The zero-order valence-electron chi connectivity index (χ0n) is 7.03. The number of rotatable bonds is 6.